The van der Waals surface area contributed by atoms with Crippen LogP contribution in [-0.4, -0.2) is 18.3 Å². The molecule has 0 radical (unpaired) electrons. The first-order chi connectivity index (χ1) is 7.13. The average molecular weight is 209 g/mol. The first kappa shape index (κ1) is 12.0. The molecule has 1 aromatic carbocycles. The molecule has 2 atom stereocenters. The molecule has 15 heavy (non-hydrogen) atoms. The van der Waals surface area contributed by atoms with Crippen molar-refractivity contribution < 1.29 is 9.84 Å². The third kappa shape index (κ3) is 3.90. The molecule has 0 aliphatic carbocycles. The standard InChI is InChI=1S/C12H19NO2/c1-9(7-14)8-15-12-5-3-4-11(6-12)10(2)13/h3-6,9-10,14H,7-8,13H2,1-2H3. The summed E-state index contributed by atoms with van der Waals surface area (Å²) in [5.41, 5.74) is 6.83. The molecule has 0 amide bonds. The van der Waals surface area contributed by atoms with Crippen LogP contribution in [-0.2, 0) is 0 Å². The Morgan fingerprint density at radius 3 is 2.73 bits per heavy atom. The Balaban J connectivity index is 2.58. The highest BCUT2D eigenvalue weighted by atomic mass is 16.5. The van der Waals surface area contributed by atoms with E-state index in [-0.39, 0.29) is 18.6 Å². The zero-order valence-electron chi connectivity index (χ0n) is 9.31. The van der Waals surface area contributed by atoms with Gasteiger partial charge in [0.1, 0.15) is 5.75 Å². The van der Waals surface area contributed by atoms with Crippen LogP contribution in [0.15, 0.2) is 24.3 Å². The number of aliphatic hydroxyl groups excluding tert-OH is 1. The zero-order valence-corrected chi connectivity index (χ0v) is 9.31. The number of hydrogen-bond donors (Lipinski definition) is 2. The van der Waals surface area contributed by atoms with Gasteiger partial charge in [0.15, 0.2) is 0 Å². The lowest BCUT2D eigenvalue weighted by atomic mass is 10.1. The van der Waals surface area contributed by atoms with Crippen LogP contribution in [0.5, 0.6) is 5.75 Å². The van der Waals surface area contributed by atoms with Gasteiger partial charge < -0.3 is 15.6 Å². The summed E-state index contributed by atoms with van der Waals surface area (Å²) in [7, 11) is 0. The van der Waals surface area contributed by atoms with Gasteiger partial charge in [-0.2, -0.15) is 0 Å². The van der Waals surface area contributed by atoms with Crippen molar-refractivity contribution in [1.82, 2.24) is 0 Å². The van der Waals surface area contributed by atoms with Crippen LogP contribution in [0.25, 0.3) is 0 Å². The molecule has 0 saturated heterocycles. The minimum absolute atomic E-state index is 0.0174. The summed E-state index contributed by atoms with van der Waals surface area (Å²) in [6.07, 6.45) is 0. The topological polar surface area (TPSA) is 55.5 Å². The molecule has 0 bridgehead atoms. The SMILES string of the molecule is CC(CO)COc1cccc(C(C)N)c1. The van der Waals surface area contributed by atoms with Gasteiger partial charge in [-0.25, -0.2) is 0 Å². The Morgan fingerprint density at radius 2 is 2.13 bits per heavy atom. The van der Waals surface area contributed by atoms with E-state index in [1.165, 1.54) is 0 Å². The van der Waals surface area contributed by atoms with Crippen LogP contribution < -0.4 is 10.5 Å². The average Bonchev–Trinajstić information content (AvgIpc) is 2.26. The quantitative estimate of drug-likeness (QED) is 0.776. The highest BCUT2D eigenvalue weighted by Gasteiger charge is 2.03. The lowest BCUT2D eigenvalue weighted by molar-refractivity contribution is 0.174. The van der Waals surface area contributed by atoms with Crippen LogP contribution in [0.1, 0.15) is 25.5 Å². The first-order valence-corrected chi connectivity index (χ1v) is 5.22. The second kappa shape index (κ2) is 5.73. The van der Waals surface area contributed by atoms with Gasteiger partial charge in [0, 0.05) is 18.6 Å². The van der Waals surface area contributed by atoms with Crippen molar-refractivity contribution in [2.75, 3.05) is 13.2 Å². The third-order valence-electron chi connectivity index (χ3n) is 2.23. The van der Waals surface area contributed by atoms with Crippen molar-refractivity contribution in [3.8, 4) is 5.75 Å². The Hall–Kier alpha value is -1.06. The summed E-state index contributed by atoms with van der Waals surface area (Å²) < 4.78 is 5.53. The Bertz CT molecular complexity index is 299. The fraction of sp³-hybridized carbons (Fsp3) is 0.500. The van der Waals surface area contributed by atoms with Crippen molar-refractivity contribution in [3.05, 3.63) is 29.8 Å². The van der Waals surface area contributed by atoms with Crippen LogP contribution >= 0.6 is 0 Å². The smallest absolute Gasteiger partial charge is 0.119 e. The van der Waals surface area contributed by atoms with E-state index in [0.29, 0.717) is 6.61 Å². The maximum absolute atomic E-state index is 8.86. The van der Waals surface area contributed by atoms with E-state index >= 15 is 0 Å². The molecule has 84 valence electrons. The normalized spacial score (nSPS) is 14.7. The summed E-state index contributed by atoms with van der Waals surface area (Å²) in [6.45, 7) is 4.55. The molecule has 3 heteroatoms. The molecule has 3 nitrogen and oxygen atoms in total. The Morgan fingerprint density at radius 1 is 1.40 bits per heavy atom. The lowest BCUT2D eigenvalue weighted by Crippen LogP contribution is -2.12. The van der Waals surface area contributed by atoms with Crippen molar-refractivity contribution in [3.63, 3.8) is 0 Å². The maximum Gasteiger partial charge on any atom is 0.119 e. The first-order valence-electron chi connectivity index (χ1n) is 5.22. The van der Waals surface area contributed by atoms with Gasteiger partial charge in [0.25, 0.3) is 0 Å². The Labute approximate surface area is 90.9 Å². The highest BCUT2D eigenvalue weighted by molar-refractivity contribution is 5.30. The van der Waals surface area contributed by atoms with E-state index in [4.69, 9.17) is 15.6 Å². The molecule has 3 N–H and O–H groups in total. The van der Waals surface area contributed by atoms with Crippen molar-refractivity contribution >= 4 is 0 Å². The van der Waals surface area contributed by atoms with Crippen LogP contribution in [0.4, 0.5) is 0 Å². The number of hydrogen-bond acceptors (Lipinski definition) is 3. The fourth-order valence-electron chi connectivity index (χ4n) is 1.18. The van der Waals surface area contributed by atoms with Crippen molar-refractivity contribution in [1.29, 1.82) is 0 Å². The van der Waals surface area contributed by atoms with Crippen LogP contribution in [0.3, 0.4) is 0 Å². The number of nitrogens with two attached hydrogens (primary N) is 1. The van der Waals surface area contributed by atoms with Crippen LogP contribution in [0, 0.1) is 5.92 Å². The molecular weight excluding hydrogens is 190 g/mol. The van der Waals surface area contributed by atoms with E-state index in [2.05, 4.69) is 0 Å². The molecule has 0 aromatic heterocycles. The predicted octanol–water partition coefficient (Wildman–Crippen LogP) is 1.71. The molecule has 0 aliphatic heterocycles. The summed E-state index contributed by atoms with van der Waals surface area (Å²) in [4.78, 5) is 0. The van der Waals surface area contributed by atoms with Gasteiger partial charge in [-0.1, -0.05) is 19.1 Å². The molecular formula is C12H19NO2. The molecule has 1 aromatic rings. The Kier molecular flexibility index (Phi) is 4.59. The summed E-state index contributed by atoms with van der Waals surface area (Å²) >= 11 is 0. The maximum atomic E-state index is 8.86. The van der Waals surface area contributed by atoms with Gasteiger partial charge in [0.05, 0.1) is 6.61 Å². The van der Waals surface area contributed by atoms with Gasteiger partial charge in [-0.05, 0) is 24.6 Å². The van der Waals surface area contributed by atoms with Gasteiger partial charge >= 0.3 is 0 Å². The van der Waals surface area contributed by atoms with E-state index in [1.807, 2.05) is 38.1 Å². The molecule has 0 heterocycles. The highest BCUT2D eigenvalue weighted by Crippen LogP contribution is 2.17. The number of aliphatic hydroxyl groups is 1. The lowest BCUT2D eigenvalue weighted by Gasteiger charge is -2.12. The number of ether oxygens (including phenoxy) is 1. The van der Waals surface area contributed by atoms with Gasteiger partial charge in [-0.15, -0.1) is 0 Å². The molecule has 2 unspecified atom stereocenters. The van der Waals surface area contributed by atoms with E-state index in [1.54, 1.807) is 0 Å². The molecule has 1 rings (SSSR count). The summed E-state index contributed by atoms with van der Waals surface area (Å²) in [5.74, 6) is 0.967. The molecule has 0 aliphatic rings. The molecule has 0 fully saturated rings. The van der Waals surface area contributed by atoms with Crippen LogP contribution in [0.2, 0.25) is 0 Å². The minimum atomic E-state index is 0.0174. The number of rotatable bonds is 5. The molecule has 0 spiro atoms. The van der Waals surface area contributed by atoms with E-state index in [0.717, 1.165) is 11.3 Å². The van der Waals surface area contributed by atoms with Gasteiger partial charge in [0.2, 0.25) is 0 Å². The third-order valence-corrected chi connectivity index (χ3v) is 2.23. The fourth-order valence-corrected chi connectivity index (χ4v) is 1.18. The second-order valence-electron chi connectivity index (χ2n) is 3.96. The minimum Gasteiger partial charge on any atom is -0.493 e. The van der Waals surface area contributed by atoms with E-state index < -0.39 is 0 Å². The predicted molar refractivity (Wildman–Crippen MR) is 60.8 cm³/mol. The molecule has 0 saturated carbocycles. The van der Waals surface area contributed by atoms with E-state index in [9.17, 15) is 0 Å². The zero-order chi connectivity index (χ0) is 11.3. The van der Waals surface area contributed by atoms with Gasteiger partial charge in [-0.3, -0.25) is 0 Å². The largest absolute Gasteiger partial charge is 0.493 e. The van der Waals surface area contributed by atoms with Crippen molar-refractivity contribution in [2.45, 2.75) is 19.9 Å². The van der Waals surface area contributed by atoms with Crippen molar-refractivity contribution in [2.24, 2.45) is 11.7 Å². The monoisotopic (exact) mass is 209 g/mol. The summed E-state index contributed by atoms with van der Waals surface area (Å²) in [5, 5.41) is 8.86. The number of benzene rings is 1. The second-order valence-corrected chi connectivity index (χ2v) is 3.96. The summed E-state index contributed by atoms with van der Waals surface area (Å²) in [6, 6.07) is 7.76.